The maximum Gasteiger partial charge on any atom is 0.0624 e. The van der Waals surface area contributed by atoms with Crippen LogP contribution in [-0.4, -0.2) is 45.0 Å². The maximum atomic E-state index is 10.6. The van der Waals surface area contributed by atoms with Crippen LogP contribution in [0.3, 0.4) is 0 Å². The van der Waals surface area contributed by atoms with E-state index in [1.807, 2.05) is 11.7 Å². The molecule has 1 N–H and O–H groups in total. The fourth-order valence-corrected chi connectivity index (χ4v) is 4.08. The predicted molar refractivity (Wildman–Crippen MR) is 79.6 cm³/mol. The van der Waals surface area contributed by atoms with Gasteiger partial charge in [0.2, 0.25) is 0 Å². The van der Waals surface area contributed by atoms with Crippen molar-refractivity contribution >= 4 is 0 Å². The second-order valence-corrected chi connectivity index (χ2v) is 6.66. The fraction of sp³-hybridized carbons (Fsp3) is 0.812. The van der Waals surface area contributed by atoms with E-state index in [0.717, 1.165) is 31.4 Å². The Morgan fingerprint density at radius 3 is 2.50 bits per heavy atom. The minimum absolute atomic E-state index is 0.216. The Morgan fingerprint density at radius 1 is 1.30 bits per heavy atom. The molecule has 3 unspecified atom stereocenters. The first-order valence-electron chi connectivity index (χ1n) is 8.00. The molecule has 0 aromatic carbocycles. The van der Waals surface area contributed by atoms with Gasteiger partial charge < -0.3 is 10.0 Å². The highest BCUT2D eigenvalue weighted by Crippen LogP contribution is 2.39. The van der Waals surface area contributed by atoms with Crippen LogP contribution in [0.2, 0.25) is 0 Å². The zero-order valence-electron chi connectivity index (χ0n) is 12.9. The third-order valence-corrected chi connectivity index (χ3v) is 5.49. The van der Waals surface area contributed by atoms with Gasteiger partial charge in [0.15, 0.2) is 0 Å². The molecule has 112 valence electrons. The van der Waals surface area contributed by atoms with Crippen LogP contribution in [0.5, 0.6) is 0 Å². The van der Waals surface area contributed by atoms with Gasteiger partial charge >= 0.3 is 0 Å². The summed E-state index contributed by atoms with van der Waals surface area (Å²) in [6.07, 6.45) is 6.44. The fourth-order valence-electron chi connectivity index (χ4n) is 4.08. The summed E-state index contributed by atoms with van der Waals surface area (Å²) in [5.41, 5.74) is 2.29. The molecular weight excluding hydrogens is 250 g/mol. The minimum atomic E-state index is -0.216. The molecule has 2 aliphatic heterocycles. The lowest BCUT2D eigenvalue weighted by atomic mass is 9.85. The second kappa shape index (κ2) is 5.49. The van der Waals surface area contributed by atoms with Crippen LogP contribution in [0.4, 0.5) is 0 Å². The summed E-state index contributed by atoms with van der Waals surface area (Å²) >= 11 is 0. The van der Waals surface area contributed by atoms with Crippen molar-refractivity contribution in [3.05, 3.63) is 17.5 Å². The van der Waals surface area contributed by atoms with Gasteiger partial charge in [-0.05, 0) is 51.1 Å². The summed E-state index contributed by atoms with van der Waals surface area (Å²) in [4.78, 5) is 2.53. The lowest BCUT2D eigenvalue weighted by Gasteiger charge is -2.38. The number of aryl methyl sites for hydroxylation is 2. The smallest absolute Gasteiger partial charge is 0.0624 e. The lowest BCUT2D eigenvalue weighted by molar-refractivity contribution is 0.0358. The van der Waals surface area contributed by atoms with Crippen molar-refractivity contribution in [3.63, 3.8) is 0 Å². The Morgan fingerprint density at radius 2 is 1.95 bits per heavy atom. The Balaban J connectivity index is 1.64. The van der Waals surface area contributed by atoms with Crippen molar-refractivity contribution in [3.8, 4) is 0 Å². The minimum Gasteiger partial charge on any atom is -0.392 e. The van der Waals surface area contributed by atoms with E-state index in [-0.39, 0.29) is 6.10 Å². The molecular formula is C16H27N3O. The Kier molecular flexibility index (Phi) is 3.87. The van der Waals surface area contributed by atoms with Gasteiger partial charge in [-0.15, -0.1) is 0 Å². The number of fused-ring (bicyclic) bond motifs is 2. The third kappa shape index (κ3) is 2.51. The van der Waals surface area contributed by atoms with Gasteiger partial charge in [-0.25, -0.2) is 0 Å². The SMILES string of the molecule is CCc1cc(CC(O)C2CC3CCC(C2)N3C)n(C)n1. The van der Waals surface area contributed by atoms with Crippen LogP contribution in [0.1, 0.15) is 44.0 Å². The zero-order valence-corrected chi connectivity index (χ0v) is 12.9. The van der Waals surface area contributed by atoms with E-state index in [2.05, 4.69) is 30.0 Å². The van der Waals surface area contributed by atoms with Gasteiger partial charge in [-0.1, -0.05) is 6.92 Å². The van der Waals surface area contributed by atoms with Gasteiger partial charge in [0.25, 0.3) is 0 Å². The molecule has 3 atom stereocenters. The summed E-state index contributed by atoms with van der Waals surface area (Å²) in [6.45, 7) is 2.12. The molecule has 0 radical (unpaired) electrons. The van der Waals surface area contributed by atoms with Crippen LogP contribution in [0, 0.1) is 5.92 Å². The van der Waals surface area contributed by atoms with Crippen molar-refractivity contribution in [2.75, 3.05) is 7.05 Å². The highest BCUT2D eigenvalue weighted by atomic mass is 16.3. The lowest BCUT2D eigenvalue weighted by Crippen LogP contribution is -2.43. The Hall–Kier alpha value is -0.870. The largest absolute Gasteiger partial charge is 0.392 e. The van der Waals surface area contributed by atoms with E-state index in [1.54, 1.807) is 0 Å². The first-order chi connectivity index (χ1) is 9.58. The molecule has 4 heteroatoms. The topological polar surface area (TPSA) is 41.3 Å². The number of aliphatic hydroxyl groups excluding tert-OH is 1. The van der Waals surface area contributed by atoms with Gasteiger partial charge in [0.05, 0.1) is 11.8 Å². The van der Waals surface area contributed by atoms with Gasteiger partial charge in [-0.2, -0.15) is 5.10 Å². The number of piperidine rings is 1. The van der Waals surface area contributed by atoms with Crippen LogP contribution in [-0.2, 0) is 19.9 Å². The monoisotopic (exact) mass is 277 g/mol. The van der Waals surface area contributed by atoms with E-state index < -0.39 is 0 Å². The van der Waals surface area contributed by atoms with E-state index in [0.29, 0.717) is 18.0 Å². The highest BCUT2D eigenvalue weighted by molar-refractivity contribution is 5.11. The summed E-state index contributed by atoms with van der Waals surface area (Å²) in [5, 5.41) is 15.1. The van der Waals surface area contributed by atoms with E-state index >= 15 is 0 Å². The van der Waals surface area contributed by atoms with Gasteiger partial charge in [0.1, 0.15) is 0 Å². The highest BCUT2D eigenvalue weighted by Gasteiger charge is 2.40. The molecule has 1 aromatic heterocycles. The van der Waals surface area contributed by atoms with Gasteiger partial charge in [-0.3, -0.25) is 4.68 Å². The molecule has 1 aromatic rings. The molecule has 20 heavy (non-hydrogen) atoms. The van der Waals surface area contributed by atoms with Crippen molar-refractivity contribution in [1.29, 1.82) is 0 Å². The van der Waals surface area contributed by atoms with E-state index in [4.69, 9.17) is 0 Å². The molecule has 3 rings (SSSR count). The summed E-state index contributed by atoms with van der Waals surface area (Å²) in [6, 6.07) is 3.55. The summed E-state index contributed by atoms with van der Waals surface area (Å²) in [5.74, 6) is 0.462. The van der Waals surface area contributed by atoms with Gasteiger partial charge in [0, 0.05) is 31.2 Å². The van der Waals surface area contributed by atoms with Crippen LogP contribution >= 0.6 is 0 Å². The van der Waals surface area contributed by atoms with Crippen molar-refractivity contribution < 1.29 is 5.11 Å². The Bertz CT molecular complexity index is 456. The standard InChI is InChI=1S/C16H27N3O/c1-4-12-9-15(19(3)17-12)10-16(20)11-7-13-5-6-14(8-11)18(13)2/h9,11,13-14,16,20H,4-8,10H2,1-3H3. The Labute approximate surface area is 121 Å². The van der Waals surface area contributed by atoms with Crippen molar-refractivity contribution in [1.82, 2.24) is 14.7 Å². The molecule has 2 bridgehead atoms. The maximum absolute atomic E-state index is 10.6. The number of hydrogen-bond acceptors (Lipinski definition) is 3. The van der Waals surface area contributed by atoms with Crippen LogP contribution in [0.15, 0.2) is 6.07 Å². The second-order valence-electron chi connectivity index (χ2n) is 6.66. The molecule has 0 amide bonds. The van der Waals surface area contributed by atoms with E-state index in [9.17, 15) is 5.11 Å². The molecule has 0 aliphatic carbocycles. The molecule has 0 spiro atoms. The molecule has 2 fully saturated rings. The first kappa shape index (κ1) is 14.1. The van der Waals surface area contributed by atoms with Crippen LogP contribution in [0.25, 0.3) is 0 Å². The summed E-state index contributed by atoms with van der Waals surface area (Å²) < 4.78 is 1.94. The molecule has 2 saturated heterocycles. The van der Waals surface area contributed by atoms with E-state index in [1.165, 1.54) is 18.5 Å². The molecule has 4 nitrogen and oxygen atoms in total. The quantitative estimate of drug-likeness (QED) is 0.912. The molecule has 3 heterocycles. The number of aromatic nitrogens is 2. The number of hydrogen-bond donors (Lipinski definition) is 1. The summed E-state index contributed by atoms with van der Waals surface area (Å²) in [7, 11) is 4.24. The number of rotatable bonds is 4. The average molecular weight is 277 g/mol. The number of aliphatic hydroxyl groups is 1. The van der Waals surface area contributed by atoms with Crippen LogP contribution < -0.4 is 0 Å². The molecule has 0 saturated carbocycles. The average Bonchev–Trinajstić information content (AvgIpc) is 2.86. The van der Waals surface area contributed by atoms with Crippen molar-refractivity contribution in [2.45, 2.75) is 63.6 Å². The normalized spacial score (nSPS) is 31.7. The molecule has 2 aliphatic rings. The van der Waals surface area contributed by atoms with Crippen molar-refractivity contribution in [2.24, 2.45) is 13.0 Å². The zero-order chi connectivity index (χ0) is 14.3. The number of nitrogens with zero attached hydrogens (tertiary/aromatic N) is 3. The third-order valence-electron chi connectivity index (χ3n) is 5.49. The first-order valence-corrected chi connectivity index (χ1v) is 8.00. The predicted octanol–water partition coefficient (Wildman–Crippen LogP) is 1.76.